The van der Waals surface area contributed by atoms with Crippen LogP contribution in [0.2, 0.25) is 0 Å². The lowest BCUT2D eigenvalue weighted by Crippen LogP contribution is -2.37. The number of nitrogens with zero attached hydrogens (tertiary/aromatic N) is 3. The van der Waals surface area contributed by atoms with Crippen molar-refractivity contribution in [2.24, 2.45) is 10.9 Å². The van der Waals surface area contributed by atoms with Gasteiger partial charge in [-0.3, -0.25) is 0 Å². The van der Waals surface area contributed by atoms with Crippen molar-refractivity contribution in [2.75, 3.05) is 0 Å². The van der Waals surface area contributed by atoms with Crippen molar-refractivity contribution in [3.63, 3.8) is 0 Å². The number of aromatic nitrogens is 2. The lowest BCUT2D eigenvalue weighted by molar-refractivity contribution is 0.486. The van der Waals surface area contributed by atoms with Crippen LogP contribution in [0.3, 0.4) is 0 Å². The SMILES string of the molecule is C[C@]12C=CC=CC1C=Cc1c2c2cc3ccccc3cc2n1C1NC(c2ccc3c4ccccc4n(-c4ccccc4)c3c2)=Nc2sc3cc(C4=C/C=C\CC/C=C\4)ccc3c21. The number of nitrogens with one attached hydrogen (secondary N) is 1. The van der Waals surface area contributed by atoms with E-state index in [9.17, 15) is 0 Å². The Morgan fingerprint density at radius 3 is 2.37 bits per heavy atom. The molecule has 0 spiro atoms. The number of benzene rings is 6. The Labute approximate surface area is 364 Å². The van der Waals surface area contributed by atoms with Gasteiger partial charge in [-0.05, 0) is 88.9 Å². The van der Waals surface area contributed by atoms with E-state index in [-0.39, 0.29) is 17.5 Å². The predicted molar refractivity (Wildman–Crippen MR) is 263 cm³/mol. The fraction of sp³-hybridized carbons (Fsp3) is 0.105. The average molecular weight is 815 g/mol. The minimum atomic E-state index is -0.239. The second-order valence-electron chi connectivity index (χ2n) is 17.2. The number of hydrogen-bond donors (Lipinski definition) is 1. The summed E-state index contributed by atoms with van der Waals surface area (Å²) in [4.78, 5) is 5.59. The zero-order chi connectivity index (χ0) is 40.9. The number of rotatable bonds is 4. The normalized spacial score (nSPS) is 22.1. The second-order valence-corrected chi connectivity index (χ2v) is 18.3. The van der Waals surface area contributed by atoms with Crippen LogP contribution >= 0.6 is 11.3 Å². The highest BCUT2D eigenvalue weighted by molar-refractivity contribution is 7.23. The fourth-order valence-electron chi connectivity index (χ4n) is 10.7. The van der Waals surface area contributed by atoms with E-state index in [1.165, 1.54) is 76.0 Å². The van der Waals surface area contributed by atoms with Crippen molar-refractivity contribution in [1.29, 1.82) is 0 Å². The molecule has 6 aromatic carbocycles. The zero-order valence-electron chi connectivity index (χ0n) is 34.3. The van der Waals surface area contributed by atoms with Gasteiger partial charge in [0, 0.05) is 60.1 Å². The number of thiophene rings is 1. The molecule has 1 aliphatic heterocycles. The van der Waals surface area contributed by atoms with Crippen LogP contribution in [0.15, 0.2) is 193 Å². The van der Waals surface area contributed by atoms with E-state index in [2.05, 4.69) is 216 Å². The van der Waals surface area contributed by atoms with Crippen LogP contribution in [0.25, 0.3) is 70.9 Å². The van der Waals surface area contributed by atoms with Gasteiger partial charge < -0.3 is 14.5 Å². The molecular weight excluding hydrogens is 773 g/mol. The van der Waals surface area contributed by atoms with Crippen molar-refractivity contribution in [2.45, 2.75) is 31.3 Å². The monoisotopic (exact) mass is 814 g/mol. The standard InChI is InChI=1S/C57H42N4S/c1-57-31-15-14-20-41(57)27-30-48-53(57)46-32-37-18-10-11-19-38(37)33-50(46)61(48)55-52-45-29-25-39(36-16-6-3-2-4-7-17-36)35-51(45)62-56(52)59-54(58-55)40-26-28-44-43-23-12-13-24-47(43)60(49(44)34-40)42-21-8-5-9-22-42/h3,5-35,41,55H,2,4H2,1H3,(H,58,59)/b6-3-,17-7-,36-16+/t41?,55?,57-/m0/s1. The molecule has 2 unspecified atom stereocenters. The molecule has 0 saturated heterocycles. The molecule has 0 fully saturated rings. The molecule has 0 bridgehead atoms. The summed E-state index contributed by atoms with van der Waals surface area (Å²) >= 11 is 1.80. The number of hydrogen-bond acceptors (Lipinski definition) is 3. The average Bonchev–Trinajstić information content (AvgIpc) is 3.95. The largest absolute Gasteiger partial charge is 0.345 e. The van der Waals surface area contributed by atoms with Crippen molar-refractivity contribution in [1.82, 2.24) is 14.5 Å². The Morgan fingerprint density at radius 1 is 0.661 bits per heavy atom. The van der Waals surface area contributed by atoms with Crippen LogP contribution in [0.5, 0.6) is 0 Å². The number of para-hydroxylation sites is 2. The Bertz CT molecular complexity index is 3580. The van der Waals surface area contributed by atoms with Gasteiger partial charge in [0.05, 0.1) is 16.6 Å². The topological polar surface area (TPSA) is 34.2 Å². The van der Waals surface area contributed by atoms with Crippen LogP contribution in [-0.2, 0) is 5.41 Å². The van der Waals surface area contributed by atoms with E-state index < -0.39 is 0 Å². The highest BCUT2D eigenvalue weighted by atomic mass is 32.1. The number of fused-ring (bicyclic) bond motifs is 12. The first kappa shape index (κ1) is 35.5. The maximum Gasteiger partial charge on any atom is 0.136 e. The molecule has 4 heterocycles. The molecule has 5 heteroatoms. The predicted octanol–water partition coefficient (Wildman–Crippen LogP) is 14.7. The molecule has 9 aromatic rings. The molecule has 4 aliphatic rings. The van der Waals surface area contributed by atoms with Gasteiger partial charge in [-0.25, -0.2) is 4.99 Å². The van der Waals surface area contributed by atoms with Gasteiger partial charge >= 0.3 is 0 Å². The number of amidine groups is 1. The molecule has 3 aromatic heterocycles. The minimum Gasteiger partial charge on any atom is -0.345 e. The first-order chi connectivity index (χ1) is 30.6. The molecule has 3 atom stereocenters. The van der Waals surface area contributed by atoms with Crippen molar-refractivity contribution in [3.05, 3.63) is 216 Å². The van der Waals surface area contributed by atoms with Crippen LogP contribution in [-0.4, -0.2) is 15.0 Å². The van der Waals surface area contributed by atoms with E-state index >= 15 is 0 Å². The Kier molecular flexibility index (Phi) is 7.82. The summed E-state index contributed by atoms with van der Waals surface area (Å²) in [5.41, 5.74) is 11.9. The van der Waals surface area contributed by atoms with Crippen molar-refractivity contribution < 1.29 is 0 Å². The lowest BCUT2D eigenvalue weighted by atomic mass is 9.66. The molecule has 3 aliphatic carbocycles. The molecule has 62 heavy (non-hydrogen) atoms. The molecule has 0 saturated carbocycles. The van der Waals surface area contributed by atoms with Crippen LogP contribution in [0.4, 0.5) is 5.00 Å². The van der Waals surface area contributed by atoms with Gasteiger partial charge in [0.25, 0.3) is 0 Å². The Balaban J connectivity index is 1.07. The van der Waals surface area contributed by atoms with Gasteiger partial charge in [0.2, 0.25) is 0 Å². The first-order valence-corrected chi connectivity index (χ1v) is 22.6. The smallest absolute Gasteiger partial charge is 0.136 e. The van der Waals surface area contributed by atoms with Gasteiger partial charge in [0.1, 0.15) is 17.0 Å². The molecule has 1 N–H and O–H groups in total. The summed E-state index contributed by atoms with van der Waals surface area (Å²) in [6, 6.07) is 47.0. The summed E-state index contributed by atoms with van der Waals surface area (Å²) in [6.45, 7) is 2.42. The molecule has 296 valence electrons. The molecular formula is C57H42N4S. The molecule has 0 radical (unpaired) electrons. The Morgan fingerprint density at radius 2 is 1.45 bits per heavy atom. The van der Waals surface area contributed by atoms with Crippen LogP contribution in [0.1, 0.15) is 53.9 Å². The van der Waals surface area contributed by atoms with E-state index in [0.29, 0.717) is 0 Å². The summed E-state index contributed by atoms with van der Waals surface area (Å²) in [6.07, 6.45) is 27.2. The summed E-state index contributed by atoms with van der Waals surface area (Å²) in [7, 11) is 0. The summed E-state index contributed by atoms with van der Waals surface area (Å²) < 4.78 is 6.23. The van der Waals surface area contributed by atoms with E-state index in [4.69, 9.17) is 4.99 Å². The molecule has 4 nitrogen and oxygen atoms in total. The van der Waals surface area contributed by atoms with E-state index in [0.717, 1.165) is 40.4 Å². The highest BCUT2D eigenvalue weighted by Gasteiger charge is 2.42. The zero-order valence-corrected chi connectivity index (χ0v) is 35.1. The maximum atomic E-state index is 5.59. The van der Waals surface area contributed by atoms with Crippen molar-refractivity contribution >= 4 is 87.4 Å². The molecule has 13 rings (SSSR count). The minimum absolute atomic E-state index is 0.200. The first-order valence-electron chi connectivity index (χ1n) is 21.8. The fourth-order valence-corrected chi connectivity index (χ4v) is 11.8. The van der Waals surface area contributed by atoms with Gasteiger partial charge in [-0.1, -0.05) is 153 Å². The third kappa shape index (κ3) is 5.28. The molecule has 0 amide bonds. The summed E-state index contributed by atoms with van der Waals surface area (Å²) in [5.74, 6) is 1.14. The van der Waals surface area contributed by atoms with Crippen LogP contribution in [0, 0.1) is 5.92 Å². The van der Waals surface area contributed by atoms with Crippen molar-refractivity contribution in [3.8, 4) is 5.69 Å². The third-order valence-corrected chi connectivity index (χ3v) is 14.8. The second kappa shape index (κ2) is 13.7. The quantitative estimate of drug-likeness (QED) is 0.189. The Hall–Kier alpha value is -7.21. The number of allylic oxidation sites excluding steroid dienone is 11. The van der Waals surface area contributed by atoms with Crippen LogP contribution < -0.4 is 5.32 Å². The third-order valence-electron chi connectivity index (χ3n) is 13.7. The highest BCUT2D eigenvalue weighted by Crippen LogP contribution is 2.52. The van der Waals surface area contributed by atoms with E-state index in [1.54, 1.807) is 11.3 Å². The van der Waals surface area contributed by atoms with Gasteiger partial charge in [-0.2, -0.15) is 0 Å². The lowest BCUT2D eigenvalue weighted by Gasteiger charge is -2.38. The summed E-state index contributed by atoms with van der Waals surface area (Å²) in [5, 5.41) is 12.7. The van der Waals surface area contributed by atoms with Gasteiger partial charge in [-0.15, -0.1) is 11.3 Å². The number of aliphatic imine (C=N–C) groups is 1. The van der Waals surface area contributed by atoms with Gasteiger partial charge in [0.15, 0.2) is 0 Å². The van der Waals surface area contributed by atoms with E-state index in [1.807, 2.05) is 0 Å². The maximum absolute atomic E-state index is 5.59.